The van der Waals surface area contributed by atoms with Crippen LogP contribution in [0.25, 0.3) is 0 Å². The van der Waals surface area contributed by atoms with Gasteiger partial charge in [0.15, 0.2) is 5.71 Å². The molecule has 0 aliphatic rings. The van der Waals surface area contributed by atoms with Gasteiger partial charge in [-0.2, -0.15) is 0 Å². The molecule has 0 unspecified atom stereocenters. The van der Waals surface area contributed by atoms with Gasteiger partial charge in [-0.05, 0) is 23.6 Å². The van der Waals surface area contributed by atoms with Crippen LogP contribution in [-0.4, -0.2) is 24.0 Å². The van der Waals surface area contributed by atoms with E-state index < -0.39 is 5.97 Å². The Morgan fingerprint density at radius 1 is 1.09 bits per heavy atom. The fourth-order valence-corrected chi connectivity index (χ4v) is 2.16. The van der Waals surface area contributed by atoms with Crippen molar-refractivity contribution in [3.05, 3.63) is 65.7 Å². The molecule has 2 rings (SSSR count). The van der Waals surface area contributed by atoms with Gasteiger partial charge in [-0.3, -0.25) is 0 Å². The average molecular weight is 313 g/mol. The summed E-state index contributed by atoms with van der Waals surface area (Å²) in [5.41, 5.74) is 1.81. The van der Waals surface area contributed by atoms with E-state index in [1.165, 1.54) is 0 Å². The SMILES string of the molecule is COc1ccccc1CCC(=NO)C(=O)OCc1ccccc1. The van der Waals surface area contributed by atoms with Crippen molar-refractivity contribution in [3.63, 3.8) is 0 Å². The van der Waals surface area contributed by atoms with Crippen LogP contribution in [-0.2, 0) is 22.6 Å². The minimum Gasteiger partial charge on any atom is -0.496 e. The number of oxime groups is 1. The zero-order valence-electron chi connectivity index (χ0n) is 12.9. The summed E-state index contributed by atoms with van der Waals surface area (Å²) in [5.74, 6) is 0.119. The number of carbonyl (C=O) groups excluding carboxylic acids is 1. The Bertz CT molecular complexity index is 668. The van der Waals surface area contributed by atoms with E-state index in [9.17, 15) is 4.79 Å². The molecule has 0 radical (unpaired) electrons. The third-order valence-electron chi connectivity index (χ3n) is 3.39. The molecule has 1 N–H and O–H groups in total. The van der Waals surface area contributed by atoms with Gasteiger partial charge < -0.3 is 14.7 Å². The molecule has 0 aliphatic carbocycles. The molecule has 0 aromatic heterocycles. The van der Waals surface area contributed by atoms with E-state index in [2.05, 4.69) is 5.16 Å². The van der Waals surface area contributed by atoms with Crippen LogP contribution in [0.15, 0.2) is 59.8 Å². The number of nitrogens with zero attached hydrogens (tertiary/aromatic N) is 1. The lowest BCUT2D eigenvalue weighted by Crippen LogP contribution is -2.18. The number of methoxy groups -OCH3 is 1. The third kappa shape index (κ3) is 4.85. The van der Waals surface area contributed by atoms with Gasteiger partial charge in [0, 0.05) is 6.42 Å². The smallest absolute Gasteiger partial charge is 0.356 e. The molecule has 0 spiro atoms. The number of benzene rings is 2. The van der Waals surface area contributed by atoms with Crippen LogP contribution in [0.1, 0.15) is 17.5 Å². The summed E-state index contributed by atoms with van der Waals surface area (Å²) >= 11 is 0. The Morgan fingerprint density at radius 2 is 1.78 bits per heavy atom. The Hall–Kier alpha value is -2.82. The zero-order valence-corrected chi connectivity index (χ0v) is 12.9. The van der Waals surface area contributed by atoms with Crippen LogP contribution >= 0.6 is 0 Å². The molecule has 5 nitrogen and oxygen atoms in total. The van der Waals surface area contributed by atoms with E-state index in [0.717, 1.165) is 16.9 Å². The number of rotatable bonds is 7. The number of hydrogen-bond donors (Lipinski definition) is 1. The maximum Gasteiger partial charge on any atom is 0.356 e. The van der Waals surface area contributed by atoms with Crippen molar-refractivity contribution in [2.45, 2.75) is 19.4 Å². The highest BCUT2D eigenvalue weighted by Gasteiger charge is 2.15. The standard InChI is InChI=1S/C18H19NO4/c1-22-17-10-6-5-9-15(17)11-12-16(19-21)18(20)23-13-14-7-3-2-4-8-14/h2-10,21H,11-13H2,1H3. The molecule has 0 saturated heterocycles. The van der Waals surface area contributed by atoms with Gasteiger partial charge in [-0.1, -0.05) is 53.7 Å². The van der Waals surface area contributed by atoms with Crippen LogP contribution in [0.4, 0.5) is 0 Å². The van der Waals surface area contributed by atoms with Crippen molar-refractivity contribution in [2.24, 2.45) is 5.16 Å². The predicted octanol–water partition coefficient (Wildman–Crippen LogP) is 3.20. The number of carbonyl (C=O) groups is 1. The van der Waals surface area contributed by atoms with Crippen LogP contribution < -0.4 is 4.74 Å². The van der Waals surface area contributed by atoms with Gasteiger partial charge in [0.25, 0.3) is 0 Å². The number of esters is 1. The van der Waals surface area contributed by atoms with Crippen molar-refractivity contribution < 1.29 is 19.5 Å². The summed E-state index contributed by atoms with van der Waals surface area (Å²) in [4.78, 5) is 12.0. The molecule has 0 amide bonds. The van der Waals surface area contributed by atoms with Crippen LogP contribution in [0, 0.1) is 0 Å². The molecule has 120 valence electrons. The van der Waals surface area contributed by atoms with Crippen LogP contribution in [0.2, 0.25) is 0 Å². The Labute approximate surface area is 135 Å². The molecule has 2 aromatic rings. The normalized spacial score (nSPS) is 11.1. The van der Waals surface area contributed by atoms with Gasteiger partial charge >= 0.3 is 5.97 Å². The molecule has 5 heteroatoms. The highest BCUT2D eigenvalue weighted by Crippen LogP contribution is 2.19. The molecule has 0 fully saturated rings. The number of para-hydroxylation sites is 1. The highest BCUT2D eigenvalue weighted by atomic mass is 16.5. The second-order valence-electron chi connectivity index (χ2n) is 4.92. The Morgan fingerprint density at radius 3 is 2.48 bits per heavy atom. The van der Waals surface area contributed by atoms with E-state index in [4.69, 9.17) is 14.7 Å². The van der Waals surface area contributed by atoms with E-state index in [-0.39, 0.29) is 18.7 Å². The molecule has 23 heavy (non-hydrogen) atoms. The minimum absolute atomic E-state index is 0.00756. The van der Waals surface area contributed by atoms with Gasteiger partial charge in [0.2, 0.25) is 0 Å². The monoisotopic (exact) mass is 313 g/mol. The van der Waals surface area contributed by atoms with Crippen LogP contribution in [0.3, 0.4) is 0 Å². The molecule has 0 heterocycles. The van der Waals surface area contributed by atoms with Gasteiger partial charge in [0.1, 0.15) is 12.4 Å². The van der Waals surface area contributed by atoms with Crippen molar-refractivity contribution in [3.8, 4) is 5.75 Å². The van der Waals surface area contributed by atoms with Crippen molar-refractivity contribution in [1.82, 2.24) is 0 Å². The molecular weight excluding hydrogens is 294 g/mol. The summed E-state index contributed by atoms with van der Waals surface area (Å²) in [6.07, 6.45) is 0.786. The van der Waals surface area contributed by atoms with Crippen LogP contribution in [0.5, 0.6) is 5.75 Å². The third-order valence-corrected chi connectivity index (χ3v) is 3.39. The largest absolute Gasteiger partial charge is 0.496 e. The average Bonchev–Trinajstić information content (AvgIpc) is 2.61. The van der Waals surface area contributed by atoms with Gasteiger partial charge in [-0.15, -0.1) is 0 Å². The van der Waals surface area contributed by atoms with Gasteiger partial charge in [0.05, 0.1) is 7.11 Å². The highest BCUT2D eigenvalue weighted by molar-refractivity contribution is 6.36. The molecular formula is C18H19NO4. The van der Waals surface area contributed by atoms with E-state index in [0.29, 0.717) is 6.42 Å². The van der Waals surface area contributed by atoms with Crippen molar-refractivity contribution in [1.29, 1.82) is 0 Å². The first-order valence-electron chi connectivity index (χ1n) is 7.28. The lowest BCUT2D eigenvalue weighted by molar-refractivity contribution is -0.137. The molecule has 0 atom stereocenters. The number of aryl methyl sites for hydroxylation is 1. The molecule has 0 bridgehead atoms. The second kappa shape index (κ2) is 8.58. The number of hydrogen-bond acceptors (Lipinski definition) is 5. The molecule has 2 aromatic carbocycles. The molecule has 0 saturated carbocycles. The lowest BCUT2D eigenvalue weighted by Gasteiger charge is -2.09. The number of ether oxygens (including phenoxy) is 2. The summed E-state index contributed by atoms with van der Waals surface area (Å²) in [6, 6.07) is 16.9. The first kappa shape index (κ1) is 16.5. The fourth-order valence-electron chi connectivity index (χ4n) is 2.16. The summed E-state index contributed by atoms with van der Waals surface area (Å²) in [6.45, 7) is 0.146. The lowest BCUT2D eigenvalue weighted by atomic mass is 10.1. The zero-order chi connectivity index (χ0) is 16.5. The quantitative estimate of drug-likeness (QED) is 0.369. The van der Waals surface area contributed by atoms with Gasteiger partial charge in [-0.25, -0.2) is 4.79 Å². The Balaban J connectivity index is 1.91. The summed E-state index contributed by atoms with van der Waals surface area (Å²) < 4.78 is 10.4. The summed E-state index contributed by atoms with van der Waals surface area (Å²) in [5, 5.41) is 12.1. The van der Waals surface area contributed by atoms with E-state index in [1.807, 2.05) is 54.6 Å². The summed E-state index contributed by atoms with van der Waals surface area (Å²) in [7, 11) is 1.59. The maximum absolute atomic E-state index is 12.0. The van der Waals surface area contributed by atoms with Crippen molar-refractivity contribution in [2.75, 3.05) is 7.11 Å². The second-order valence-corrected chi connectivity index (χ2v) is 4.92. The Kier molecular flexibility index (Phi) is 6.17. The van der Waals surface area contributed by atoms with E-state index in [1.54, 1.807) is 7.11 Å². The first-order chi connectivity index (χ1) is 11.2. The maximum atomic E-state index is 12.0. The van der Waals surface area contributed by atoms with E-state index >= 15 is 0 Å². The van der Waals surface area contributed by atoms with Crippen molar-refractivity contribution >= 4 is 11.7 Å². The molecule has 0 aliphatic heterocycles. The predicted molar refractivity (Wildman–Crippen MR) is 86.8 cm³/mol. The fraction of sp³-hybridized carbons (Fsp3) is 0.222. The first-order valence-corrected chi connectivity index (χ1v) is 7.28. The topological polar surface area (TPSA) is 68.1 Å². The minimum atomic E-state index is -0.619.